The van der Waals surface area contributed by atoms with E-state index in [1.54, 1.807) is 0 Å². The maximum Gasteiger partial charge on any atom is 0.0974 e. The Morgan fingerprint density at radius 2 is 2.75 bits per heavy atom. The number of hydrogen-bond acceptors (Lipinski definition) is 2. The van der Waals surface area contributed by atoms with Gasteiger partial charge in [0.2, 0.25) is 0 Å². The quantitative estimate of drug-likeness (QED) is 0.581. The molecule has 1 N–H and O–H groups in total. The molecule has 0 saturated carbocycles. The van der Waals surface area contributed by atoms with Gasteiger partial charge in [-0.1, -0.05) is 13.3 Å². The van der Waals surface area contributed by atoms with Crippen molar-refractivity contribution in [2.75, 3.05) is 6.61 Å². The van der Waals surface area contributed by atoms with Crippen LogP contribution in [0.3, 0.4) is 0 Å². The Kier molecular flexibility index (Phi) is 1.92. The Labute approximate surface area is 49.5 Å². The van der Waals surface area contributed by atoms with E-state index >= 15 is 0 Å². The van der Waals surface area contributed by atoms with Crippen LogP contribution in [0.4, 0.5) is 0 Å². The van der Waals surface area contributed by atoms with E-state index in [0.29, 0.717) is 0 Å². The third-order valence-corrected chi connectivity index (χ3v) is 1.18. The van der Waals surface area contributed by atoms with Crippen LogP contribution in [-0.4, -0.2) is 6.61 Å². The molecule has 1 rings (SSSR count). The van der Waals surface area contributed by atoms with E-state index in [2.05, 4.69) is 12.4 Å². The van der Waals surface area contributed by atoms with Crippen molar-refractivity contribution in [3.63, 3.8) is 0 Å². The van der Waals surface area contributed by atoms with Crippen molar-refractivity contribution in [3.8, 4) is 0 Å². The van der Waals surface area contributed by atoms with E-state index < -0.39 is 0 Å². The second-order valence-electron chi connectivity index (χ2n) is 1.96. The fourth-order valence-corrected chi connectivity index (χ4v) is 0.766. The molecule has 0 fully saturated rings. The molecule has 0 radical (unpaired) electrons. The zero-order chi connectivity index (χ0) is 5.82. The fourth-order valence-electron chi connectivity index (χ4n) is 0.766. The number of hydroxylamine groups is 1. The van der Waals surface area contributed by atoms with Crippen molar-refractivity contribution in [1.82, 2.24) is 5.48 Å². The predicted octanol–water partition coefficient (Wildman–Crippen LogP) is 1.21. The first-order valence-corrected chi connectivity index (χ1v) is 2.98. The van der Waals surface area contributed by atoms with Crippen molar-refractivity contribution in [2.24, 2.45) is 0 Å². The second-order valence-corrected chi connectivity index (χ2v) is 1.96. The standard InChI is InChI=1S/C6H11NO/c1-2-3-6-4-7-8-5-6/h4,7H,2-3,5H2,1H3. The van der Waals surface area contributed by atoms with Crippen LogP contribution in [0.2, 0.25) is 0 Å². The molecular formula is C6H11NO. The fraction of sp³-hybridized carbons (Fsp3) is 0.667. The van der Waals surface area contributed by atoms with Crippen molar-refractivity contribution >= 4 is 0 Å². The van der Waals surface area contributed by atoms with Crippen LogP contribution in [0.25, 0.3) is 0 Å². The van der Waals surface area contributed by atoms with Gasteiger partial charge in [0.1, 0.15) is 0 Å². The molecule has 2 heteroatoms. The maximum atomic E-state index is 4.87. The molecule has 2 nitrogen and oxygen atoms in total. The molecule has 0 bridgehead atoms. The van der Waals surface area contributed by atoms with Crippen LogP contribution < -0.4 is 5.48 Å². The number of rotatable bonds is 2. The summed E-state index contributed by atoms with van der Waals surface area (Å²) in [5, 5.41) is 0. The summed E-state index contributed by atoms with van der Waals surface area (Å²) >= 11 is 0. The zero-order valence-corrected chi connectivity index (χ0v) is 5.11. The van der Waals surface area contributed by atoms with E-state index in [9.17, 15) is 0 Å². The van der Waals surface area contributed by atoms with Crippen molar-refractivity contribution in [1.29, 1.82) is 0 Å². The van der Waals surface area contributed by atoms with Gasteiger partial charge in [0.25, 0.3) is 0 Å². The van der Waals surface area contributed by atoms with Gasteiger partial charge in [-0.2, -0.15) is 0 Å². The Morgan fingerprint density at radius 3 is 3.25 bits per heavy atom. The first-order chi connectivity index (χ1) is 3.93. The molecule has 46 valence electrons. The van der Waals surface area contributed by atoms with Gasteiger partial charge in [0, 0.05) is 6.20 Å². The average molecular weight is 113 g/mol. The van der Waals surface area contributed by atoms with E-state index in [1.165, 1.54) is 12.0 Å². The van der Waals surface area contributed by atoms with Gasteiger partial charge in [0.05, 0.1) is 6.61 Å². The SMILES string of the molecule is CCCC1=CNOC1. The van der Waals surface area contributed by atoms with Gasteiger partial charge >= 0.3 is 0 Å². The molecule has 0 aromatic rings. The van der Waals surface area contributed by atoms with Crippen LogP contribution in [0, 0.1) is 0 Å². The number of hydrogen-bond donors (Lipinski definition) is 1. The summed E-state index contributed by atoms with van der Waals surface area (Å²) in [5.74, 6) is 0. The molecular weight excluding hydrogens is 102 g/mol. The molecule has 0 aromatic heterocycles. The third-order valence-electron chi connectivity index (χ3n) is 1.18. The highest BCUT2D eigenvalue weighted by Crippen LogP contribution is 2.06. The minimum Gasteiger partial charge on any atom is -0.274 e. The van der Waals surface area contributed by atoms with E-state index in [-0.39, 0.29) is 0 Å². The van der Waals surface area contributed by atoms with E-state index in [1.807, 2.05) is 6.20 Å². The first-order valence-electron chi connectivity index (χ1n) is 2.98. The lowest BCUT2D eigenvalue weighted by Gasteiger charge is -1.91. The summed E-state index contributed by atoms with van der Waals surface area (Å²) in [7, 11) is 0. The predicted molar refractivity (Wildman–Crippen MR) is 32.1 cm³/mol. The van der Waals surface area contributed by atoms with Gasteiger partial charge in [-0.05, 0) is 12.0 Å². The van der Waals surface area contributed by atoms with E-state index in [0.717, 1.165) is 13.0 Å². The normalized spacial score (nSPS) is 17.9. The Morgan fingerprint density at radius 1 is 1.88 bits per heavy atom. The van der Waals surface area contributed by atoms with Gasteiger partial charge in [-0.15, -0.1) is 0 Å². The summed E-state index contributed by atoms with van der Waals surface area (Å²) in [4.78, 5) is 4.87. The largest absolute Gasteiger partial charge is 0.274 e. The molecule has 0 spiro atoms. The van der Waals surface area contributed by atoms with Gasteiger partial charge in [-0.25, -0.2) is 0 Å². The molecule has 0 unspecified atom stereocenters. The minimum atomic E-state index is 0.772. The van der Waals surface area contributed by atoms with Crippen LogP contribution >= 0.6 is 0 Å². The lowest BCUT2D eigenvalue weighted by Crippen LogP contribution is -1.96. The van der Waals surface area contributed by atoms with Gasteiger partial charge in [-0.3, -0.25) is 10.3 Å². The van der Waals surface area contributed by atoms with Gasteiger partial charge in [0.15, 0.2) is 0 Å². The molecule has 0 aromatic carbocycles. The molecule has 8 heavy (non-hydrogen) atoms. The summed E-state index contributed by atoms with van der Waals surface area (Å²) in [6.45, 7) is 2.94. The second kappa shape index (κ2) is 2.72. The molecule has 1 aliphatic heterocycles. The van der Waals surface area contributed by atoms with Crippen molar-refractivity contribution in [3.05, 3.63) is 11.8 Å². The third kappa shape index (κ3) is 1.23. The monoisotopic (exact) mass is 113 g/mol. The Bertz CT molecular complexity index is 98.7. The first kappa shape index (κ1) is 5.63. The van der Waals surface area contributed by atoms with Crippen LogP contribution in [0.5, 0.6) is 0 Å². The summed E-state index contributed by atoms with van der Waals surface area (Å²) < 4.78 is 0. The lowest BCUT2D eigenvalue weighted by molar-refractivity contribution is 0.112. The molecule has 0 atom stereocenters. The lowest BCUT2D eigenvalue weighted by atomic mass is 10.2. The topological polar surface area (TPSA) is 21.3 Å². The maximum absolute atomic E-state index is 4.87. The highest BCUT2D eigenvalue weighted by Gasteiger charge is 2.00. The van der Waals surface area contributed by atoms with E-state index in [4.69, 9.17) is 4.84 Å². The smallest absolute Gasteiger partial charge is 0.0974 e. The molecule has 0 aliphatic carbocycles. The molecule has 1 aliphatic rings. The van der Waals surface area contributed by atoms with Crippen LogP contribution in [-0.2, 0) is 4.84 Å². The minimum absolute atomic E-state index is 0.772. The summed E-state index contributed by atoms with van der Waals surface area (Å²) in [5.41, 5.74) is 4.06. The number of nitrogens with one attached hydrogen (secondary N) is 1. The summed E-state index contributed by atoms with van der Waals surface area (Å²) in [6.07, 6.45) is 4.30. The molecule has 1 heterocycles. The zero-order valence-electron chi connectivity index (χ0n) is 5.11. The average Bonchev–Trinajstić information content (AvgIpc) is 2.19. The van der Waals surface area contributed by atoms with Crippen LogP contribution in [0.15, 0.2) is 11.8 Å². The van der Waals surface area contributed by atoms with Gasteiger partial charge < -0.3 is 0 Å². The molecule has 0 saturated heterocycles. The molecule has 0 amide bonds. The van der Waals surface area contributed by atoms with Crippen molar-refractivity contribution in [2.45, 2.75) is 19.8 Å². The Hall–Kier alpha value is -0.500. The highest BCUT2D eigenvalue weighted by atomic mass is 16.6. The Balaban J connectivity index is 2.23. The van der Waals surface area contributed by atoms with Crippen LogP contribution in [0.1, 0.15) is 19.8 Å². The van der Waals surface area contributed by atoms with Crippen molar-refractivity contribution < 1.29 is 4.84 Å². The highest BCUT2D eigenvalue weighted by molar-refractivity contribution is 5.02. The summed E-state index contributed by atoms with van der Waals surface area (Å²) in [6, 6.07) is 0.